The molecule has 0 saturated carbocycles. The summed E-state index contributed by atoms with van der Waals surface area (Å²) in [5, 5.41) is 0. The van der Waals surface area contributed by atoms with Crippen LogP contribution in [0.2, 0.25) is 0 Å². The predicted molar refractivity (Wildman–Crippen MR) is 39.6 cm³/mol. The molecule has 0 spiro atoms. The van der Waals surface area contributed by atoms with Crippen molar-refractivity contribution in [1.29, 1.82) is 0 Å². The minimum atomic E-state index is -0.748. The summed E-state index contributed by atoms with van der Waals surface area (Å²) < 4.78 is 12.4. The predicted octanol–water partition coefficient (Wildman–Crippen LogP) is 2.39. The lowest BCUT2D eigenvalue weighted by Crippen LogP contribution is -1.97. The minimum absolute atomic E-state index is 0.509. The van der Waals surface area contributed by atoms with E-state index in [0.717, 1.165) is 5.56 Å². The Labute approximate surface area is 60.7 Å². The van der Waals surface area contributed by atoms with Gasteiger partial charge in [0, 0.05) is 6.42 Å². The maximum Gasteiger partial charge on any atom is 0.101 e. The largest absolute Gasteiger partial charge is 0.247 e. The average molecular weight is 137 g/mol. The molecule has 0 fully saturated rings. The molecule has 1 aromatic rings. The highest BCUT2D eigenvalue weighted by Crippen LogP contribution is 2.03. The van der Waals surface area contributed by atoms with Crippen LogP contribution < -0.4 is 0 Å². The van der Waals surface area contributed by atoms with Gasteiger partial charge in [-0.2, -0.15) is 0 Å². The van der Waals surface area contributed by atoms with Crippen LogP contribution in [0.3, 0.4) is 0 Å². The van der Waals surface area contributed by atoms with Crippen LogP contribution in [-0.2, 0) is 6.42 Å². The van der Waals surface area contributed by atoms with Crippen molar-refractivity contribution < 1.29 is 4.39 Å². The van der Waals surface area contributed by atoms with E-state index in [2.05, 4.69) is 6.07 Å². The molecular formula is C9H10F. The van der Waals surface area contributed by atoms with Crippen molar-refractivity contribution in [3.05, 3.63) is 35.9 Å². The van der Waals surface area contributed by atoms with E-state index in [4.69, 9.17) is 0 Å². The van der Waals surface area contributed by atoms with Crippen LogP contribution in [0.15, 0.2) is 24.3 Å². The highest BCUT2D eigenvalue weighted by Gasteiger charge is 1.97. The van der Waals surface area contributed by atoms with Gasteiger partial charge in [0.05, 0.1) is 0 Å². The van der Waals surface area contributed by atoms with Crippen molar-refractivity contribution in [3.8, 4) is 0 Å². The minimum Gasteiger partial charge on any atom is -0.247 e. The Balaban J connectivity index is 2.59. The van der Waals surface area contributed by atoms with Gasteiger partial charge in [0.1, 0.15) is 6.17 Å². The van der Waals surface area contributed by atoms with Crippen molar-refractivity contribution in [1.82, 2.24) is 0 Å². The molecule has 1 atom stereocenters. The van der Waals surface area contributed by atoms with E-state index in [-0.39, 0.29) is 0 Å². The normalized spacial score (nSPS) is 13.0. The quantitative estimate of drug-likeness (QED) is 0.587. The Morgan fingerprint density at radius 3 is 2.60 bits per heavy atom. The number of halogens is 1. The highest BCUT2D eigenvalue weighted by molar-refractivity contribution is 5.14. The van der Waals surface area contributed by atoms with E-state index in [1.165, 1.54) is 0 Å². The van der Waals surface area contributed by atoms with Gasteiger partial charge in [-0.15, -0.1) is 0 Å². The standard InChI is InChI=1S/C9H10F/c1-8(10)7-9-5-3-2-4-6-9/h3-6,8H,7H2,1H3. The molecule has 1 unspecified atom stereocenters. The van der Waals surface area contributed by atoms with Crippen LogP contribution in [0, 0.1) is 6.07 Å². The molecule has 1 rings (SSSR count). The summed E-state index contributed by atoms with van der Waals surface area (Å²) in [6, 6.07) is 10.3. The molecule has 0 saturated heterocycles. The van der Waals surface area contributed by atoms with Crippen LogP contribution in [0.4, 0.5) is 4.39 Å². The number of hydrogen-bond acceptors (Lipinski definition) is 0. The van der Waals surface area contributed by atoms with Gasteiger partial charge in [0.25, 0.3) is 0 Å². The zero-order valence-electron chi connectivity index (χ0n) is 5.97. The molecule has 0 aliphatic heterocycles. The zero-order valence-corrected chi connectivity index (χ0v) is 5.97. The van der Waals surface area contributed by atoms with Gasteiger partial charge in [0.2, 0.25) is 0 Å². The van der Waals surface area contributed by atoms with Gasteiger partial charge in [-0.3, -0.25) is 0 Å². The number of alkyl halides is 1. The van der Waals surface area contributed by atoms with E-state index in [9.17, 15) is 4.39 Å². The summed E-state index contributed by atoms with van der Waals surface area (Å²) in [6.07, 6.45) is -0.239. The zero-order chi connectivity index (χ0) is 7.40. The summed E-state index contributed by atoms with van der Waals surface area (Å²) >= 11 is 0. The van der Waals surface area contributed by atoms with Crippen LogP contribution in [0.5, 0.6) is 0 Å². The SMILES string of the molecule is CC(F)Cc1cc[c]cc1. The molecular weight excluding hydrogens is 127 g/mol. The fourth-order valence-corrected chi connectivity index (χ4v) is 0.882. The molecule has 0 aromatic heterocycles. The van der Waals surface area contributed by atoms with Gasteiger partial charge in [0.15, 0.2) is 0 Å². The fourth-order valence-electron chi connectivity index (χ4n) is 0.882. The monoisotopic (exact) mass is 137 g/mol. The molecule has 0 N–H and O–H groups in total. The number of benzene rings is 1. The molecule has 1 heteroatoms. The average Bonchev–Trinajstić information content (AvgIpc) is 1.88. The van der Waals surface area contributed by atoms with E-state index in [1.807, 2.05) is 12.1 Å². The molecule has 1 aromatic carbocycles. The lowest BCUT2D eigenvalue weighted by atomic mass is 10.1. The van der Waals surface area contributed by atoms with Gasteiger partial charge in [-0.25, -0.2) is 4.39 Å². The van der Waals surface area contributed by atoms with Gasteiger partial charge in [-0.1, -0.05) is 24.3 Å². The molecule has 10 heavy (non-hydrogen) atoms. The molecule has 0 aliphatic carbocycles. The van der Waals surface area contributed by atoms with Gasteiger partial charge in [-0.05, 0) is 18.6 Å². The first-order valence-electron chi connectivity index (χ1n) is 3.38. The summed E-state index contributed by atoms with van der Waals surface area (Å²) in [5.74, 6) is 0. The molecule has 1 radical (unpaired) electrons. The fraction of sp³-hybridized carbons (Fsp3) is 0.333. The highest BCUT2D eigenvalue weighted by atomic mass is 19.1. The second-order valence-electron chi connectivity index (χ2n) is 2.39. The second-order valence-corrected chi connectivity index (χ2v) is 2.39. The topological polar surface area (TPSA) is 0 Å². The molecule has 0 aliphatic rings. The molecule has 0 amide bonds. The Morgan fingerprint density at radius 1 is 1.50 bits per heavy atom. The van der Waals surface area contributed by atoms with Gasteiger partial charge >= 0.3 is 0 Å². The van der Waals surface area contributed by atoms with Crippen molar-refractivity contribution in [2.45, 2.75) is 19.5 Å². The molecule has 0 bridgehead atoms. The first-order chi connectivity index (χ1) is 4.79. The first-order valence-corrected chi connectivity index (χ1v) is 3.38. The van der Waals surface area contributed by atoms with Crippen LogP contribution in [-0.4, -0.2) is 6.17 Å². The Bertz CT molecular complexity index is 179. The van der Waals surface area contributed by atoms with Crippen LogP contribution >= 0.6 is 0 Å². The maximum atomic E-state index is 12.4. The smallest absolute Gasteiger partial charge is 0.101 e. The molecule has 0 heterocycles. The summed E-state index contributed by atoms with van der Waals surface area (Å²) in [7, 11) is 0. The lowest BCUT2D eigenvalue weighted by Gasteiger charge is -1.99. The lowest BCUT2D eigenvalue weighted by molar-refractivity contribution is 0.360. The number of hydrogen-bond donors (Lipinski definition) is 0. The Hall–Kier alpha value is -0.850. The van der Waals surface area contributed by atoms with Crippen molar-refractivity contribution in [2.75, 3.05) is 0 Å². The number of rotatable bonds is 2. The van der Waals surface area contributed by atoms with E-state index >= 15 is 0 Å². The van der Waals surface area contributed by atoms with Gasteiger partial charge < -0.3 is 0 Å². The Morgan fingerprint density at radius 2 is 2.10 bits per heavy atom. The third-order valence-corrected chi connectivity index (χ3v) is 1.30. The van der Waals surface area contributed by atoms with Crippen molar-refractivity contribution in [3.63, 3.8) is 0 Å². The third kappa shape index (κ3) is 2.18. The van der Waals surface area contributed by atoms with E-state index in [0.29, 0.717) is 6.42 Å². The van der Waals surface area contributed by atoms with Crippen molar-refractivity contribution >= 4 is 0 Å². The molecule has 0 nitrogen and oxygen atoms in total. The second kappa shape index (κ2) is 3.35. The summed E-state index contributed by atoms with van der Waals surface area (Å²) in [6.45, 7) is 1.57. The Kier molecular flexibility index (Phi) is 2.43. The summed E-state index contributed by atoms with van der Waals surface area (Å²) in [4.78, 5) is 0. The van der Waals surface area contributed by atoms with Crippen molar-refractivity contribution in [2.24, 2.45) is 0 Å². The summed E-state index contributed by atoms with van der Waals surface area (Å²) in [5.41, 5.74) is 1.04. The van der Waals surface area contributed by atoms with Crippen LogP contribution in [0.1, 0.15) is 12.5 Å². The maximum absolute atomic E-state index is 12.4. The van der Waals surface area contributed by atoms with Crippen LogP contribution in [0.25, 0.3) is 0 Å². The van der Waals surface area contributed by atoms with E-state index in [1.54, 1.807) is 19.1 Å². The first kappa shape index (κ1) is 7.26. The van der Waals surface area contributed by atoms with E-state index < -0.39 is 6.17 Å². The molecule has 53 valence electrons. The third-order valence-electron chi connectivity index (χ3n) is 1.30.